The van der Waals surface area contributed by atoms with Crippen LogP contribution in [-0.2, 0) is 0 Å². The highest BCUT2D eigenvalue weighted by molar-refractivity contribution is 5.56. The summed E-state index contributed by atoms with van der Waals surface area (Å²) in [5.74, 6) is 1.77. The molecule has 0 spiro atoms. The van der Waals surface area contributed by atoms with Gasteiger partial charge in [0.25, 0.3) is 0 Å². The van der Waals surface area contributed by atoms with E-state index in [0.29, 0.717) is 0 Å². The van der Waals surface area contributed by atoms with Crippen LogP contribution in [0.25, 0.3) is 6.08 Å². The van der Waals surface area contributed by atoms with Gasteiger partial charge in [-0.1, -0.05) is 24.3 Å². The zero-order valence-electron chi connectivity index (χ0n) is 8.62. The third kappa shape index (κ3) is 2.16. The predicted molar refractivity (Wildman–Crippen MR) is 59.5 cm³/mol. The quantitative estimate of drug-likeness (QED) is 0.703. The van der Waals surface area contributed by atoms with Crippen LogP contribution >= 0.6 is 0 Å². The number of ether oxygens (including phenoxy) is 1. The lowest BCUT2D eigenvalue weighted by Crippen LogP contribution is -2.00. The molecule has 1 saturated carbocycles. The minimum atomic E-state index is 0.800. The van der Waals surface area contributed by atoms with Crippen molar-refractivity contribution in [2.75, 3.05) is 6.61 Å². The van der Waals surface area contributed by atoms with E-state index in [9.17, 15) is 0 Å². The largest absolute Gasteiger partial charge is 0.493 e. The Kier molecular flexibility index (Phi) is 2.58. The first-order chi connectivity index (χ1) is 6.79. The summed E-state index contributed by atoms with van der Waals surface area (Å²) >= 11 is 0. The Hall–Kier alpha value is -1.24. The number of benzene rings is 1. The van der Waals surface area contributed by atoms with Crippen molar-refractivity contribution in [2.45, 2.75) is 19.8 Å². The highest BCUT2D eigenvalue weighted by atomic mass is 16.5. The van der Waals surface area contributed by atoms with Crippen molar-refractivity contribution >= 4 is 6.08 Å². The molecule has 0 radical (unpaired) electrons. The molecule has 14 heavy (non-hydrogen) atoms. The third-order valence-electron chi connectivity index (χ3n) is 2.56. The van der Waals surface area contributed by atoms with Crippen molar-refractivity contribution < 1.29 is 4.74 Å². The van der Waals surface area contributed by atoms with Crippen molar-refractivity contribution in [3.63, 3.8) is 0 Å². The number of rotatable bonds is 4. The Labute approximate surface area is 85.4 Å². The van der Waals surface area contributed by atoms with Crippen molar-refractivity contribution in [3.05, 3.63) is 35.9 Å². The fourth-order valence-electron chi connectivity index (χ4n) is 1.45. The predicted octanol–water partition coefficient (Wildman–Crippen LogP) is 3.43. The normalized spacial score (nSPS) is 15.2. The Balaban J connectivity index is 2.09. The van der Waals surface area contributed by atoms with Gasteiger partial charge in [-0.25, -0.2) is 0 Å². The molecule has 0 saturated heterocycles. The minimum absolute atomic E-state index is 0.800. The van der Waals surface area contributed by atoms with E-state index in [4.69, 9.17) is 4.74 Å². The van der Waals surface area contributed by atoms with Crippen LogP contribution in [0, 0.1) is 12.8 Å². The summed E-state index contributed by atoms with van der Waals surface area (Å²) in [6.45, 7) is 6.74. The molecule has 1 aliphatic rings. The number of aryl methyl sites for hydroxylation is 1. The van der Waals surface area contributed by atoms with Gasteiger partial charge in [0.1, 0.15) is 5.75 Å². The fraction of sp³-hybridized carbons (Fsp3) is 0.385. The molecule has 1 aliphatic carbocycles. The standard InChI is InChI=1S/C13H16O/c1-3-12-8-10(2)4-7-13(12)14-9-11-5-6-11/h3-4,7-8,11H,1,5-6,9H2,2H3. The zero-order chi connectivity index (χ0) is 9.97. The molecular weight excluding hydrogens is 172 g/mol. The Morgan fingerprint density at radius 1 is 1.50 bits per heavy atom. The van der Waals surface area contributed by atoms with Crippen LogP contribution in [0.1, 0.15) is 24.0 Å². The van der Waals surface area contributed by atoms with E-state index < -0.39 is 0 Å². The maximum absolute atomic E-state index is 5.74. The summed E-state index contributed by atoms with van der Waals surface area (Å²) in [6, 6.07) is 6.22. The van der Waals surface area contributed by atoms with E-state index in [1.54, 1.807) is 0 Å². The van der Waals surface area contributed by atoms with Gasteiger partial charge in [-0.2, -0.15) is 0 Å². The SMILES string of the molecule is C=Cc1cc(C)ccc1OCC1CC1. The summed E-state index contributed by atoms with van der Waals surface area (Å²) < 4.78 is 5.74. The zero-order valence-corrected chi connectivity index (χ0v) is 8.62. The summed E-state index contributed by atoms with van der Waals surface area (Å²) in [5, 5.41) is 0. The second-order valence-electron chi connectivity index (χ2n) is 4.00. The summed E-state index contributed by atoms with van der Waals surface area (Å²) in [7, 11) is 0. The summed E-state index contributed by atoms with van der Waals surface area (Å²) in [6.07, 6.45) is 4.51. The molecule has 2 rings (SSSR count). The summed E-state index contributed by atoms with van der Waals surface area (Å²) in [4.78, 5) is 0. The molecule has 0 bridgehead atoms. The van der Waals surface area contributed by atoms with E-state index in [0.717, 1.165) is 23.8 Å². The molecule has 0 unspecified atom stereocenters. The Morgan fingerprint density at radius 2 is 2.29 bits per heavy atom. The van der Waals surface area contributed by atoms with Gasteiger partial charge in [-0.05, 0) is 37.8 Å². The minimum Gasteiger partial charge on any atom is -0.493 e. The molecule has 1 heteroatoms. The Bertz CT molecular complexity index is 337. The molecule has 0 aromatic heterocycles. The van der Waals surface area contributed by atoms with Crippen molar-refractivity contribution in [1.29, 1.82) is 0 Å². The summed E-state index contributed by atoms with van der Waals surface area (Å²) in [5.41, 5.74) is 2.35. The van der Waals surface area contributed by atoms with Gasteiger partial charge in [-0.15, -0.1) is 0 Å². The second kappa shape index (κ2) is 3.87. The highest BCUT2D eigenvalue weighted by Crippen LogP contribution is 2.30. The van der Waals surface area contributed by atoms with Gasteiger partial charge in [-0.3, -0.25) is 0 Å². The molecule has 0 heterocycles. The molecular formula is C13H16O. The van der Waals surface area contributed by atoms with Crippen LogP contribution in [0.2, 0.25) is 0 Å². The van der Waals surface area contributed by atoms with Gasteiger partial charge in [0, 0.05) is 5.56 Å². The monoisotopic (exact) mass is 188 g/mol. The van der Waals surface area contributed by atoms with Crippen LogP contribution < -0.4 is 4.74 Å². The molecule has 1 aromatic rings. The first-order valence-electron chi connectivity index (χ1n) is 5.15. The van der Waals surface area contributed by atoms with E-state index in [2.05, 4.69) is 25.6 Å². The average molecular weight is 188 g/mol. The van der Waals surface area contributed by atoms with Crippen molar-refractivity contribution in [2.24, 2.45) is 5.92 Å². The molecule has 0 amide bonds. The van der Waals surface area contributed by atoms with Crippen LogP contribution in [0.15, 0.2) is 24.8 Å². The molecule has 0 N–H and O–H groups in total. The molecule has 1 aromatic carbocycles. The third-order valence-corrected chi connectivity index (χ3v) is 2.56. The molecule has 0 aliphatic heterocycles. The first-order valence-corrected chi connectivity index (χ1v) is 5.15. The molecule has 1 fully saturated rings. The van der Waals surface area contributed by atoms with Crippen LogP contribution in [0.3, 0.4) is 0 Å². The maximum Gasteiger partial charge on any atom is 0.126 e. The molecule has 0 atom stereocenters. The van der Waals surface area contributed by atoms with Gasteiger partial charge < -0.3 is 4.74 Å². The van der Waals surface area contributed by atoms with E-state index >= 15 is 0 Å². The number of hydrogen-bond acceptors (Lipinski definition) is 1. The lowest BCUT2D eigenvalue weighted by atomic mass is 10.1. The first kappa shape index (κ1) is 9.32. The highest BCUT2D eigenvalue weighted by Gasteiger charge is 2.22. The smallest absolute Gasteiger partial charge is 0.126 e. The van der Waals surface area contributed by atoms with Gasteiger partial charge in [0.15, 0.2) is 0 Å². The van der Waals surface area contributed by atoms with Crippen LogP contribution in [0.5, 0.6) is 5.75 Å². The van der Waals surface area contributed by atoms with Gasteiger partial charge >= 0.3 is 0 Å². The molecule has 74 valence electrons. The van der Waals surface area contributed by atoms with E-state index in [1.807, 2.05) is 12.1 Å². The topological polar surface area (TPSA) is 9.23 Å². The van der Waals surface area contributed by atoms with Gasteiger partial charge in [0.05, 0.1) is 6.61 Å². The maximum atomic E-state index is 5.74. The van der Waals surface area contributed by atoms with Crippen LogP contribution in [0.4, 0.5) is 0 Å². The van der Waals surface area contributed by atoms with E-state index in [1.165, 1.54) is 18.4 Å². The lowest BCUT2D eigenvalue weighted by Gasteiger charge is -2.09. The average Bonchev–Trinajstić information content (AvgIpc) is 2.99. The van der Waals surface area contributed by atoms with Gasteiger partial charge in [0.2, 0.25) is 0 Å². The Morgan fingerprint density at radius 3 is 2.93 bits per heavy atom. The lowest BCUT2D eigenvalue weighted by molar-refractivity contribution is 0.299. The van der Waals surface area contributed by atoms with Crippen molar-refractivity contribution in [1.82, 2.24) is 0 Å². The van der Waals surface area contributed by atoms with Crippen LogP contribution in [-0.4, -0.2) is 6.61 Å². The second-order valence-corrected chi connectivity index (χ2v) is 4.00. The number of hydrogen-bond donors (Lipinski definition) is 0. The van der Waals surface area contributed by atoms with E-state index in [-0.39, 0.29) is 0 Å². The fourth-order valence-corrected chi connectivity index (χ4v) is 1.45. The van der Waals surface area contributed by atoms with Crippen molar-refractivity contribution in [3.8, 4) is 5.75 Å². The molecule has 1 nitrogen and oxygen atoms in total.